The second-order valence-corrected chi connectivity index (χ2v) is 7.32. The zero-order valence-corrected chi connectivity index (χ0v) is 16.7. The minimum Gasteiger partial charge on any atom is -0.490 e. The Morgan fingerprint density at radius 3 is 2.69 bits per heavy atom. The van der Waals surface area contributed by atoms with Gasteiger partial charge in [-0.15, -0.1) is 0 Å². The normalized spacial score (nSPS) is 19.3. The number of fused-ring (bicyclic) bond motifs is 1. The lowest BCUT2D eigenvalue weighted by atomic mass is 9.98. The highest BCUT2D eigenvalue weighted by molar-refractivity contribution is 5.88. The first-order chi connectivity index (χ1) is 14.1. The molecular weight excluding hydrogens is 366 g/mol. The van der Waals surface area contributed by atoms with Crippen LogP contribution >= 0.6 is 0 Å². The maximum atomic E-state index is 11.5. The van der Waals surface area contributed by atoms with Crippen LogP contribution in [0.25, 0.3) is 22.0 Å². The van der Waals surface area contributed by atoms with Gasteiger partial charge < -0.3 is 15.2 Å². The fourth-order valence-corrected chi connectivity index (χ4v) is 3.99. The number of carbonyl (C=O) groups excluding carboxylic acids is 1. The number of piperidine rings is 1. The van der Waals surface area contributed by atoms with E-state index in [0.717, 1.165) is 34.2 Å². The van der Waals surface area contributed by atoms with E-state index in [9.17, 15) is 4.79 Å². The molecule has 2 heterocycles. The van der Waals surface area contributed by atoms with Crippen LogP contribution in [-0.2, 0) is 4.74 Å². The number of nitrogens with two attached hydrogens (primary N) is 1. The second kappa shape index (κ2) is 8.09. The van der Waals surface area contributed by atoms with E-state index in [-0.39, 0.29) is 12.3 Å². The number of ether oxygens (including phenoxy) is 2. The van der Waals surface area contributed by atoms with Gasteiger partial charge in [0.05, 0.1) is 5.52 Å². The van der Waals surface area contributed by atoms with Crippen LogP contribution in [0, 0.1) is 6.92 Å². The van der Waals surface area contributed by atoms with Crippen LogP contribution in [0.2, 0.25) is 0 Å². The molecule has 1 aliphatic heterocycles. The number of pyridine rings is 1. The number of hydrogen-bond donors (Lipinski definition) is 1. The summed E-state index contributed by atoms with van der Waals surface area (Å²) in [7, 11) is 1.58. The van der Waals surface area contributed by atoms with Crippen molar-refractivity contribution < 1.29 is 14.3 Å². The number of amides is 2. The molecule has 150 valence electrons. The number of hydrogen-bond acceptors (Lipinski definition) is 4. The van der Waals surface area contributed by atoms with Gasteiger partial charge in [-0.2, -0.15) is 0 Å². The number of urea groups is 1. The van der Waals surface area contributed by atoms with Gasteiger partial charge in [-0.05, 0) is 41.8 Å². The molecule has 0 radical (unpaired) electrons. The summed E-state index contributed by atoms with van der Waals surface area (Å²) in [5, 5.41) is 1.14. The Labute approximate surface area is 170 Å². The van der Waals surface area contributed by atoms with Crippen molar-refractivity contribution in [3.05, 3.63) is 60.3 Å². The van der Waals surface area contributed by atoms with E-state index in [1.165, 1.54) is 5.56 Å². The highest BCUT2D eigenvalue weighted by atomic mass is 16.5. The fourth-order valence-electron chi connectivity index (χ4n) is 3.99. The van der Waals surface area contributed by atoms with Crippen molar-refractivity contribution in [1.82, 2.24) is 9.88 Å². The van der Waals surface area contributed by atoms with Crippen LogP contribution < -0.4 is 10.5 Å². The first kappa shape index (κ1) is 19.2. The summed E-state index contributed by atoms with van der Waals surface area (Å²) >= 11 is 0. The Kier molecular flexibility index (Phi) is 5.36. The van der Waals surface area contributed by atoms with Crippen LogP contribution in [0.15, 0.2) is 54.7 Å². The number of primary amides is 1. The van der Waals surface area contributed by atoms with Gasteiger partial charge in [-0.1, -0.05) is 30.3 Å². The van der Waals surface area contributed by atoms with E-state index < -0.39 is 6.03 Å². The number of aryl methyl sites for hydroxylation is 1. The lowest BCUT2D eigenvalue weighted by Crippen LogP contribution is -2.51. The summed E-state index contributed by atoms with van der Waals surface area (Å²) in [6, 6.07) is 15.9. The molecule has 0 aliphatic carbocycles. The molecular formula is C23H25N3O3. The minimum absolute atomic E-state index is 0.0204. The molecule has 1 saturated heterocycles. The summed E-state index contributed by atoms with van der Waals surface area (Å²) in [6.45, 7) is 2.63. The Morgan fingerprint density at radius 1 is 1.17 bits per heavy atom. The molecule has 2 aromatic carbocycles. The monoisotopic (exact) mass is 391 g/mol. The number of methoxy groups -OCH3 is 1. The Balaban J connectivity index is 1.49. The van der Waals surface area contributed by atoms with E-state index in [2.05, 4.69) is 42.2 Å². The van der Waals surface area contributed by atoms with Crippen molar-refractivity contribution in [2.75, 3.05) is 13.7 Å². The fraction of sp³-hybridized carbons (Fsp3) is 0.304. The number of carbonyl (C=O) groups is 1. The van der Waals surface area contributed by atoms with Gasteiger partial charge in [-0.25, -0.2) is 4.79 Å². The van der Waals surface area contributed by atoms with Crippen LogP contribution in [0.1, 0.15) is 18.4 Å². The van der Waals surface area contributed by atoms with Gasteiger partial charge in [0.25, 0.3) is 0 Å². The Morgan fingerprint density at radius 2 is 1.97 bits per heavy atom. The van der Waals surface area contributed by atoms with E-state index >= 15 is 0 Å². The van der Waals surface area contributed by atoms with Gasteiger partial charge >= 0.3 is 6.03 Å². The number of benzene rings is 2. The molecule has 1 aromatic heterocycles. The molecule has 2 amide bonds. The van der Waals surface area contributed by atoms with Gasteiger partial charge in [0.1, 0.15) is 18.1 Å². The molecule has 0 bridgehead atoms. The largest absolute Gasteiger partial charge is 0.490 e. The van der Waals surface area contributed by atoms with E-state index in [1.807, 2.05) is 24.4 Å². The van der Waals surface area contributed by atoms with Gasteiger partial charge in [0, 0.05) is 38.1 Å². The quantitative estimate of drug-likeness (QED) is 0.726. The average Bonchev–Trinajstić information content (AvgIpc) is 2.74. The lowest BCUT2D eigenvalue weighted by Gasteiger charge is -2.37. The molecule has 2 atom stereocenters. The molecule has 0 spiro atoms. The van der Waals surface area contributed by atoms with Crippen molar-refractivity contribution in [2.45, 2.75) is 32.1 Å². The van der Waals surface area contributed by atoms with Gasteiger partial charge in [-0.3, -0.25) is 9.88 Å². The highest BCUT2D eigenvalue weighted by Crippen LogP contribution is 2.30. The third-order valence-electron chi connectivity index (χ3n) is 5.56. The third kappa shape index (κ3) is 3.89. The van der Waals surface area contributed by atoms with Crippen molar-refractivity contribution in [1.29, 1.82) is 0 Å². The molecule has 6 heteroatoms. The summed E-state index contributed by atoms with van der Waals surface area (Å²) < 4.78 is 11.5. The zero-order valence-electron chi connectivity index (χ0n) is 16.7. The highest BCUT2D eigenvalue weighted by Gasteiger charge is 2.31. The van der Waals surface area contributed by atoms with E-state index in [0.29, 0.717) is 13.0 Å². The Hall–Kier alpha value is -3.12. The van der Waals surface area contributed by atoms with Crippen molar-refractivity contribution in [2.24, 2.45) is 5.73 Å². The SMILES string of the molecule is COC1CC(Oc2ccc(-c3ccc4cccnc4c3C)cc2)CCN1C(N)=O. The number of likely N-dealkylation sites (tertiary alicyclic amines) is 1. The summed E-state index contributed by atoms with van der Waals surface area (Å²) in [5.41, 5.74) is 9.89. The smallest absolute Gasteiger partial charge is 0.316 e. The van der Waals surface area contributed by atoms with Gasteiger partial charge in [0.2, 0.25) is 0 Å². The minimum atomic E-state index is -0.458. The predicted octanol–water partition coefficient (Wildman–Crippen LogP) is 4.10. The summed E-state index contributed by atoms with van der Waals surface area (Å²) in [5.74, 6) is 0.803. The van der Waals surface area contributed by atoms with Gasteiger partial charge in [0.15, 0.2) is 0 Å². The summed E-state index contributed by atoms with van der Waals surface area (Å²) in [4.78, 5) is 17.6. The summed E-state index contributed by atoms with van der Waals surface area (Å²) in [6.07, 6.45) is 2.77. The first-order valence-electron chi connectivity index (χ1n) is 9.77. The average molecular weight is 391 g/mol. The van der Waals surface area contributed by atoms with Crippen molar-refractivity contribution in [3.8, 4) is 16.9 Å². The third-order valence-corrected chi connectivity index (χ3v) is 5.56. The molecule has 4 rings (SSSR count). The number of rotatable bonds is 4. The standard InChI is InChI=1S/C23H25N3O3/c1-15-20(10-7-17-4-3-12-25-22(15)17)16-5-8-18(9-6-16)29-19-11-13-26(23(24)27)21(14-19)28-2/h3-10,12,19,21H,11,13-14H2,1-2H3,(H2,24,27). The second-order valence-electron chi connectivity index (χ2n) is 7.32. The van der Waals surface area contributed by atoms with Crippen LogP contribution in [0.5, 0.6) is 5.75 Å². The molecule has 6 nitrogen and oxygen atoms in total. The molecule has 2 unspecified atom stereocenters. The lowest BCUT2D eigenvalue weighted by molar-refractivity contribution is -0.0603. The van der Waals surface area contributed by atoms with Crippen LogP contribution in [0.4, 0.5) is 4.79 Å². The first-order valence-corrected chi connectivity index (χ1v) is 9.77. The maximum absolute atomic E-state index is 11.5. The predicted molar refractivity (Wildman–Crippen MR) is 113 cm³/mol. The number of aromatic nitrogens is 1. The number of nitrogens with zero attached hydrogens (tertiary/aromatic N) is 2. The molecule has 1 aliphatic rings. The molecule has 29 heavy (non-hydrogen) atoms. The molecule has 0 saturated carbocycles. The zero-order chi connectivity index (χ0) is 20.4. The van der Waals surface area contributed by atoms with Crippen molar-refractivity contribution in [3.63, 3.8) is 0 Å². The molecule has 2 N–H and O–H groups in total. The van der Waals surface area contributed by atoms with E-state index in [1.54, 1.807) is 12.0 Å². The molecule has 3 aromatic rings. The van der Waals surface area contributed by atoms with E-state index in [4.69, 9.17) is 15.2 Å². The Bertz CT molecular complexity index is 1020. The topological polar surface area (TPSA) is 77.7 Å². The van der Waals surface area contributed by atoms with Crippen LogP contribution in [-0.4, -0.2) is 41.9 Å². The van der Waals surface area contributed by atoms with Crippen molar-refractivity contribution >= 4 is 16.9 Å². The maximum Gasteiger partial charge on any atom is 0.316 e. The van der Waals surface area contributed by atoms with Crippen LogP contribution in [0.3, 0.4) is 0 Å². The molecule has 1 fully saturated rings.